The van der Waals surface area contributed by atoms with Crippen LogP contribution in [-0.2, 0) is 5.11 Å². The monoisotopic (exact) mass is 137 g/mol. The molecule has 0 aromatic heterocycles. The molecular weight excluding hydrogens is 128 g/mol. The van der Waals surface area contributed by atoms with Crippen LogP contribution in [0.25, 0.3) is 0 Å². The number of phenols is 1. The summed E-state index contributed by atoms with van der Waals surface area (Å²) in [5, 5.41) is 19.6. The molecule has 1 aromatic rings. The zero-order valence-electron chi connectivity index (χ0n) is 5.74. The van der Waals surface area contributed by atoms with Gasteiger partial charge in [0, 0.05) is 0 Å². The molecule has 1 radical (unpaired) electrons. The van der Waals surface area contributed by atoms with Crippen molar-refractivity contribution >= 4 is 0 Å². The van der Waals surface area contributed by atoms with E-state index >= 15 is 0 Å². The number of aromatic hydroxyl groups is 1. The summed E-state index contributed by atoms with van der Waals surface area (Å²) in [4.78, 5) is 0. The van der Waals surface area contributed by atoms with Crippen LogP contribution in [0.3, 0.4) is 0 Å². The average Bonchev–Trinajstić information content (AvgIpc) is 1.88. The summed E-state index contributed by atoms with van der Waals surface area (Å²) in [7, 11) is 0. The quantitative estimate of drug-likeness (QED) is 0.630. The SMILES string of the molecule is CC([O])c1ccc(O)cc1. The predicted octanol–water partition coefficient (Wildman–Crippen LogP) is 1.88. The Morgan fingerprint density at radius 2 is 1.80 bits per heavy atom. The van der Waals surface area contributed by atoms with E-state index in [0.717, 1.165) is 0 Å². The van der Waals surface area contributed by atoms with Gasteiger partial charge in [0.2, 0.25) is 0 Å². The van der Waals surface area contributed by atoms with Crippen molar-refractivity contribution in [1.29, 1.82) is 0 Å². The van der Waals surface area contributed by atoms with E-state index in [1.807, 2.05) is 0 Å². The molecule has 1 atom stereocenters. The summed E-state index contributed by atoms with van der Waals surface area (Å²) in [6, 6.07) is 6.30. The third kappa shape index (κ3) is 1.48. The standard InChI is InChI=1S/C8H9O2/c1-6(9)7-2-4-8(10)5-3-7/h2-6,10H,1H3. The molecule has 0 saturated heterocycles. The van der Waals surface area contributed by atoms with Crippen LogP contribution in [0.1, 0.15) is 18.6 Å². The Kier molecular flexibility index (Phi) is 1.92. The zero-order chi connectivity index (χ0) is 7.56. The lowest BCUT2D eigenvalue weighted by Crippen LogP contribution is -1.86. The highest BCUT2D eigenvalue weighted by atomic mass is 16.3. The summed E-state index contributed by atoms with van der Waals surface area (Å²) in [5.74, 6) is 0.199. The van der Waals surface area contributed by atoms with E-state index in [2.05, 4.69) is 0 Å². The van der Waals surface area contributed by atoms with Gasteiger partial charge >= 0.3 is 0 Å². The Morgan fingerprint density at radius 3 is 2.20 bits per heavy atom. The minimum absolute atomic E-state index is 0.199. The second-order valence-electron chi connectivity index (χ2n) is 2.23. The van der Waals surface area contributed by atoms with Gasteiger partial charge in [-0.2, -0.15) is 0 Å². The molecule has 0 aliphatic carbocycles. The molecule has 0 saturated carbocycles. The third-order valence-electron chi connectivity index (χ3n) is 1.36. The van der Waals surface area contributed by atoms with E-state index < -0.39 is 6.10 Å². The van der Waals surface area contributed by atoms with Crippen molar-refractivity contribution in [3.05, 3.63) is 29.8 Å². The van der Waals surface area contributed by atoms with Gasteiger partial charge in [0.25, 0.3) is 0 Å². The van der Waals surface area contributed by atoms with Gasteiger partial charge in [0.05, 0.1) is 0 Å². The Balaban J connectivity index is 2.89. The number of phenolic OH excluding ortho intramolecular Hbond substituents is 1. The van der Waals surface area contributed by atoms with Crippen molar-refractivity contribution in [3.63, 3.8) is 0 Å². The van der Waals surface area contributed by atoms with E-state index in [9.17, 15) is 5.11 Å². The molecule has 2 heteroatoms. The summed E-state index contributed by atoms with van der Waals surface area (Å²) in [6.07, 6.45) is -0.708. The van der Waals surface area contributed by atoms with Gasteiger partial charge in [-0.1, -0.05) is 12.1 Å². The molecule has 0 bridgehead atoms. The number of rotatable bonds is 1. The van der Waals surface area contributed by atoms with Gasteiger partial charge in [0.1, 0.15) is 11.9 Å². The number of hydrogen-bond donors (Lipinski definition) is 1. The second kappa shape index (κ2) is 2.71. The first kappa shape index (κ1) is 7.09. The second-order valence-corrected chi connectivity index (χ2v) is 2.23. The van der Waals surface area contributed by atoms with Crippen LogP contribution < -0.4 is 0 Å². The highest BCUT2D eigenvalue weighted by Crippen LogP contribution is 2.15. The van der Waals surface area contributed by atoms with Crippen molar-refractivity contribution in [1.82, 2.24) is 0 Å². The number of hydrogen-bond acceptors (Lipinski definition) is 1. The highest BCUT2D eigenvalue weighted by molar-refractivity contribution is 5.26. The van der Waals surface area contributed by atoms with Gasteiger partial charge in [0.15, 0.2) is 0 Å². The molecule has 0 aliphatic rings. The molecule has 10 heavy (non-hydrogen) atoms. The Bertz CT molecular complexity index is 201. The van der Waals surface area contributed by atoms with Gasteiger partial charge in [-0.3, -0.25) is 0 Å². The van der Waals surface area contributed by atoms with E-state index in [1.165, 1.54) is 12.1 Å². The first-order valence-electron chi connectivity index (χ1n) is 3.15. The molecule has 1 rings (SSSR count). The summed E-state index contributed by atoms with van der Waals surface area (Å²) < 4.78 is 0. The van der Waals surface area contributed by atoms with Crippen molar-refractivity contribution in [3.8, 4) is 5.75 Å². The topological polar surface area (TPSA) is 40.1 Å². The molecule has 1 aromatic carbocycles. The third-order valence-corrected chi connectivity index (χ3v) is 1.36. The lowest BCUT2D eigenvalue weighted by atomic mass is 10.1. The average molecular weight is 137 g/mol. The Labute approximate surface area is 59.7 Å². The highest BCUT2D eigenvalue weighted by Gasteiger charge is 1.99. The zero-order valence-corrected chi connectivity index (χ0v) is 5.74. The fourth-order valence-electron chi connectivity index (χ4n) is 0.745. The largest absolute Gasteiger partial charge is 0.508 e. The van der Waals surface area contributed by atoms with Crippen molar-refractivity contribution in [2.45, 2.75) is 13.0 Å². The maximum atomic E-state index is 10.8. The number of benzene rings is 1. The van der Waals surface area contributed by atoms with Crippen LogP contribution in [0.2, 0.25) is 0 Å². The smallest absolute Gasteiger partial charge is 0.115 e. The minimum Gasteiger partial charge on any atom is -0.508 e. The predicted molar refractivity (Wildman–Crippen MR) is 37.2 cm³/mol. The van der Waals surface area contributed by atoms with Crippen LogP contribution in [0.4, 0.5) is 0 Å². The lowest BCUT2D eigenvalue weighted by Gasteiger charge is -2.00. The molecule has 0 heterocycles. The molecule has 0 amide bonds. The van der Waals surface area contributed by atoms with Crippen LogP contribution in [0, 0.1) is 0 Å². The first-order chi connectivity index (χ1) is 4.70. The normalized spacial score (nSPS) is 13.0. The maximum Gasteiger partial charge on any atom is 0.115 e. The fourth-order valence-corrected chi connectivity index (χ4v) is 0.745. The van der Waals surface area contributed by atoms with Crippen LogP contribution in [0.15, 0.2) is 24.3 Å². The van der Waals surface area contributed by atoms with Crippen LogP contribution in [0.5, 0.6) is 5.75 Å². The van der Waals surface area contributed by atoms with Gasteiger partial charge in [-0.25, -0.2) is 5.11 Å². The molecule has 1 N–H and O–H groups in total. The van der Waals surface area contributed by atoms with E-state index in [0.29, 0.717) is 5.56 Å². The summed E-state index contributed by atoms with van der Waals surface area (Å²) >= 11 is 0. The molecule has 0 spiro atoms. The Morgan fingerprint density at radius 1 is 1.30 bits per heavy atom. The van der Waals surface area contributed by atoms with Crippen LogP contribution >= 0.6 is 0 Å². The molecule has 53 valence electrons. The summed E-state index contributed by atoms with van der Waals surface area (Å²) in [5.41, 5.74) is 0.706. The van der Waals surface area contributed by atoms with Crippen molar-refractivity contribution < 1.29 is 10.2 Å². The summed E-state index contributed by atoms with van der Waals surface area (Å²) in [6.45, 7) is 1.58. The molecule has 0 aliphatic heterocycles. The first-order valence-corrected chi connectivity index (χ1v) is 3.15. The van der Waals surface area contributed by atoms with E-state index in [1.54, 1.807) is 19.1 Å². The van der Waals surface area contributed by atoms with Gasteiger partial charge in [-0.15, -0.1) is 0 Å². The Hall–Kier alpha value is -1.02. The van der Waals surface area contributed by atoms with Gasteiger partial charge in [-0.05, 0) is 24.6 Å². The van der Waals surface area contributed by atoms with E-state index in [4.69, 9.17) is 5.11 Å². The van der Waals surface area contributed by atoms with Gasteiger partial charge < -0.3 is 5.11 Å². The van der Waals surface area contributed by atoms with E-state index in [-0.39, 0.29) is 5.75 Å². The molecule has 1 unspecified atom stereocenters. The fraction of sp³-hybridized carbons (Fsp3) is 0.250. The maximum absolute atomic E-state index is 10.8. The molecule has 0 fully saturated rings. The lowest BCUT2D eigenvalue weighted by molar-refractivity contribution is 0.106. The minimum atomic E-state index is -0.708. The molecule has 2 nitrogen and oxygen atoms in total. The van der Waals surface area contributed by atoms with Crippen molar-refractivity contribution in [2.24, 2.45) is 0 Å². The van der Waals surface area contributed by atoms with Crippen molar-refractivity contribution in [2.75, 3.05) is 0 Å². The molecular formula is C8H9O2. The van der Waals surface area contributed by atoms with Crippen LogP contribution in [-0.4, -0.2) is 5.11 Å².